The Morgan fingerprint density at radius 3 is 2.38 bits per heavy atom. The minimum atomic E-state index is -3.85. The van der Waals surface area contributed by atoms with Crippen molar-refractivity contribution in [2.75, 3.05) is 11.1 Å². The lowest BCUT2D eigenvalue weighted by Gasteiger charge is -2.12. The van der Waals surface area contributed by atoms with Gasteiger partial charge in [0, 0.05) is 6.54 Å². The van der Waals surface area contributed by atoms with Crippen molar-refractivity contribution in [2.24, 2.45) is 5.14 Å². The zero-order valence-electron chi connectivity index (χ0n) is 11.1. The summed E-state index contributed by atoms with van der Waals surface area (Å²) in [5.41, 5.74) is 7.91. The van der Waals surface area contributed by atoms with Gasteiger partial charge in [0.15, 0.2) is 0 Å². The summed E-state index contributed by atoms with van der Waals surface area (Å²) in [4.78, 5) is -0.104. The Morgan fingerprint density at radius 2 is 1.81 bits per heavy atom. The van der Waals surface area contributed by atoms with Crippen LogP contribution >= 0.6 is 0 Å². The van der Waals surface area contributed by atoms with Crippen LogP contribution in [0.25, 0.3) is 0 Å². The fraction of sp³-hybridized carbons (Fsp3) is 0.0714. The number of para-hydroxylation sites is 1. The highest BCUT2D eigenvalue weighted by molar-refractivity contribution is 7.89. The maximum Gasteiger partial charge on any atom is 0.240 e. The Hall–Kier alpha value is -2.56. The van der Waals surface area contributed by atoms with E-state index in [2.05, 4.69) is 5.32 Å². The molecule has 0 aliphatic heterocycles. The SMILES string of the molecule is N#Cc1ccc(CNc2cccc(S(N)(=O)=O)c2N)cc1. The minimum absolute atomic E-state index is 0.0913. The van der Waals surface area contributed by atoms with Crippen LogP contribution in [0.15, 0.2) is 47.4 Å². The van der Waals surface area contributed by atoms with E-state index in [9.17, 15) is 8.42 Å². The molecular weight excluding hydrogens is 288 g/mol. The Morgan fingerprint density at radius 1 is 1.14 bits per heavy atom. The van der Waals surface area contributed by atoms with Gasteiger partial charge in [0.1, 0.15) is 4.90 Å². The molecule has 0 atom stereocenters. The van der Waals surface area contributed by atoms with Gasteiger partial charge in [-0.15, -0.1) is 0 Å². The third kappa shape index (κ3) is 3.51. The van der Waals surface area contributed by atoms with Crippen LogP contribution in [0, 0.1) is 11.3 Å². The molecule has 7 heteroatoms. The summed E-state index contributed by atoms with van der Waals surface area (Å²) in [6.45, 7) is 0.448. The quantitative estimate of drug-likeness (QED) is 0.737. The molecule has 6 nitrogen and oxygen atoms in total. The minimum Gasteiger partial charge on any atom is -0.396 e. The van der Waals surface area contributed by atoms with Crippen LogP contribution in [0.3, 0.4) is 0 Å². The number of nitriles is 1. The van der Waals surface area contributed by atoms with Crippen LogP contribution in [0.4, 0.5) is 11.4 Å². The second kappa shape index (κ2) is 5.83. The molecule has 0 saturated heterocycles. The average molecular weight is 302 g/mol. The zero-order valence-corrected chi connectivity index (χ0v) is 11.9. The van der Waals surface area contributed by atoms with Crippen LogP contribution in [0.1, 0.15) is 11.1 Å². The maximum atomic E-state index is 11.4. The van der Waals surface area contributed by atoms with Crippen LogP contribution in [-0.2, 0) is 16.6 Å². The lowest BCUT2D eigenvalue weighted by molar-refractivity contribution is 0.598. The van der Waals surface area contributed by atoms with E-state index < -0.39 is 10.0 Å². The van der Waals surface area contributed by atoms with Gasteiger partial charge in [-0.25, -0.2) is 13.6 Å². The number of hydrogen-bond acceptors (Lipinski definition) is 5. The molecular formula is C14H14N4O2S. The van der Waals surface area contributed by atoms with E-state index in [1.54, 1.807) is 24.3 Å². The monoisotopic (exact) mass is 302 g/mol. The summed E-state index contributed by atoms with van der Waals surface area (Å²) in [5.74, 6) is 0. The number of nitrogens with two attached hydrogens (primary N) is 2. The lowest BCUT2D eigenvalue weighted by Crippen LogP contribution is -2.15. The van der Waals surface area contributed by atoms with Crippen molar-refractivity contribution in [3.8, 4) is 6.07 Å². The predicted octanol–water partition coefficient (Wildman–Crippen LogP) is 1.40. The molecule has 0 heterocycles. The molecule has 0 saturated carbocycles. The van der Waals surface area contributed by atoms with Gasteiger partial charge in [0.2, 0.25) is 10.0 Å². The maximum absolute atomic E-state index is 11.4. The number of hydrogen-bond donors (Lipinski definition) is 3. The second-order valence-corrected chi connectivity index (χ2v) is 5.95. The zero-order chi connectivity index (χ0) is 15.5. The molecule has 0 spiro atoms. The molecule has 2 rings (SSSR count). The van der Waals surface area contributed by atoms with E-state index in [0.29, 0.717) is 17.8 Å². The molecule has 0 amide bonds. The standard InChI is InChI=1S/C14H14N4O2S/c15-8-10-4-6-11(7-5-10)9-18-12-2-1-3-13(14(12)16)21(17,19)20/h1-7,18H,9,16H2,(H2,17,19,20). The van der Waals surface area contributed by atoms with Gasteiger partial charge in [-0.1, -0.05) is 18.2 Å². The lowest BCUT2D eigenvalue weighted by atomic mass is 10.1. The van der Waals surface area contributed by atoms with Crippen molar-refractivity contribution < 1.29 is 8.42 Å². The first kappa shape index (κ1) is 14.8. The van der Waals surface area contributed by atoms with E-state index in [4.69, 9.17) is 16.1 Å². The summed E-state index contributed by atoms with van der Waals surface area (Å²) >= 11 is 0. The molecule has 0 bridgehead atoms. The summed E-state index contributed by atoms with van der Waals surface area (Å²) < 4.78 is 22.8. The first-order valence-electron chi connectivity index (χ1n) is 6.06. The van der Waals surface area contributed by atoms with Gasteiger partial charge in [0.25, 0.3) is 0 Å². The van der Waals surface area contributed by atoms with Crippen molar-refractivity contribution in [3.63, 3.8) is 0 Å². The highest BCUT2D eigenvalue weighted by atomic mass is 32.2. The number of rotatable bonds is 4. The van der Waals surface area contributed by atoms with Crippen LogP contribution < -0.4 is 16.2 Å². The van der Waals surface area contributed by atoms with Gasteiger partial charge in [0.05, 0.1) is 23.0 Å². The van der Waals surface area contributed by atoms with E-state index in [-0.39, 0.29) is 10.6 Å². The number of nitrogen functional groups attached to an aromatic ring is 1. The molecule has 0 radical (unpaired) electrons. The molecule has 21 heavy (non-hydrogen) atoms. The predicted molar refractivity (Wildman–Crippen MR) is 80.7 cm³/mol. The van der Waals surface area contributed by atoms with E-state index in [1.165, 1.54) is 6.07 Å². The van der Waals surface area contributed by atoms with Crippen LogP contribution in [0.2, 0.25) is 0 Å². The number of primary sulfonamides is 1. The largest absolute Gasteiger partial charge is 0.396 e. The summed E-state index contributed by atoms with van der Waals surface area (Å²) in [5, 5.41) is 16.9. The smallest absolute Gasteiger partial charge is 0.240 e. The van der Waals surface area contributed by atoms with Crippen LogP contribution in [0.5, 0.6) is 0 Å². The van der Waals surface area contributed by atoms with Crippen molar-refractivity contribution in [1.82, 2.24) is 0 Å². The van der Waals surface area contributed by atoms with Crippen LogP contribution in [-0.4, -0.2) is 8.42 Å². The highest BCUT2D eigenvalue weighted by Crippen LogP contribution is 2.26. The van der Waals surface area contributed by atoms with E-state index in [0.717, 1.165) is 5.56 Å². The first-order valence-corrected chi connectivity index (χ1v) is 7.60. The first-order chi connectivity index (χ1) is 9.91. The molecule has 0 aliphatic rings. The number of anilines is 2. The van der Waals surface area contributed by atoms with E-state index in [1.807, 2.05) is 18.2 Å². The summed E-state index contributed by atoms with van der Waals surface area (Å²) in [7, 11) is -3.85. The van der Waals surface area contributed by atoms with Gasteiger partial charge >= 0.3 is 0 Å². The average Bonchev–Trinajstić information content (AvgIpc) is 2.45. The Balaban J connectivity index is 2.19. The molecule has 0 unspecified atom stereocenters. The number of nitrogens with one attached hydrogen (secondary N) is 1. The third-order valence-corrected chi connectivity index (χ3v) is 3.91. The Labute approximate surface area is 123 Å². The van der Waals surface area contributed by atoms with Crippen molar-refractivity contribution >= 4 is 21.4 Å². The topological polar surface area (TPSA) is 122 Å². The third-order valence-electron chi connectivity index (χ3n) is 2.94. The van der Waals surface area contributed by atoms with Gasteiger partial charge in [-0.3, -0.25) is 0 Å². The molecule has 108 valence electrons. The van der Waals surface area contributed by atoms with Gasteiger partial charge in [-0.05, 0) is 29.8 Å². The molecule has 5 N–H and O–H groups in total. The molecule has 2 aromatic carbocycles. The Bertz CT molecular complexity index is 793. The van der Waals surface area contributed by atoms with E-state index >= 15 is 0 Å². The number of benzene rings is 2. The van der Waals surface area contributed by atoms with Crippen molar-refractivity contribution in [2.45, 2.75) is 11.4 Å². The van der Waals surface area contributed by atoms with Gasteiger partial charge in [-0.2, -0.15) is 5.26 Å². The fourth-order valence-corrected chi connectivity index (χ4v) is 2.53. The normalized spacial score (nSPS) is 10.9. The van der Waals surface area contributed by atoms with Crippen molar-refractivity contribution in [3.05, 3.63) is 53.6 Å². The number of nitrogens with zero attached hydrogens (tertiary/aromatic N) is 1. The highest BCUT2D eigenvalue weighted by Gasteiger charge is 2.14. The molecule has 0 aliphatic carbocycles. The Kier molecular flexibility index (Phi) is 4.12. The second-order valence-electron chi connectivity index (χ2n) is 4.42. The fourth-order valence-electron chi connectivity index (χ4n) is 1.84. The molecule has 2 aromatic rings. The summed E-state index contributed by atoms with van der Waals surface area (Å²) in [6.07, 6.45) is 0. The number of sulfonamides is 1. The molecule has 0 fully saturated rings. The molecule has 0 aromatic heterocycles. The van der Waals surface area contributed by atoms with Gasteiger partial charge < -0.3 is 11.1 Å². The summed E-state index contributed by atoms with van der Waals surface area (Å²) in [6, 6.07) is 13.7. The van der Waals surface area contributed by atoms with Crippen molar-refractivity contribution in [1.29, 1.82) is 5.26 Å².